The van der Waals surface area contributed by atoms with Crippen LogP contribution in [0, 0.1) is 17.2 Å². The predicted octanol–water partition coefficient (Wildman–Crippen LogP) is 4.64. The molecule has 0 aliphatic heterocycles. The Morgan fingerprint density at radius 2 is 1.88 bits per heavy atom. The predicted molar refractivity (Wildman–Crippen MR) is 69.1 cm³/mol. The molecule has 84 valence electrons. The molecule has 0 N–H and O–H groups in total. The molecule has 0 radical (unpaired) electrons. The maximum Gasteiger partial charge on any atom is 0.0662 e. The van der Waals surface area contributed by atoms with Crippen molar-refractivity contribution in [3.63, 3.8) is 0 Å². The fourth-order valence-corrected chi connectivity index (χ4v) is 3.19. The summed E-state index contributed by atoms with van der Waals surface area (Å²) < 4.78 is 1.15. The topological polar surface area (TPSA) is 23.8 Å². The largest absolute Gasteiger partial charge is 0.198 e. The molecule has 1 aliphatic rings. The highest BCUT2D eigenvalue weighted by molar-refractivity contribution is 9.10. The van der Waals surface area contributed by atoms with Crippen LogP contribution in [0.3, 0.4) is 0 Å². The normalized spacial score (nSPS) is 25.8. The van der Waals surface area contributed by atoms with Crippen molar-refractivity contribution in [1.82, 2.24) is 0 Å². The SMILES string of the molecule is N#CC1CCCCCC1c1ccccc1Br. The summed E-state index contributed by atoms with van der Waals surface area (Å²) >= 11 is 3.60. The molecule has 16 heavy (non-hydrogen) atoms. The summed E-state index contributed by atoms with van der Waals surface area (Å²) in [4.78, 5) is 0. The number of halogens is 1. The minimum Gasteiger partial charge on any atom is -0.198 e. The summed E-state index contributed by atoms with van der Waals surface area (Å²) in [6.07, 6.45) is 5.95. The number of rotatable bonds is 1. The van der Waals surface area contributed by atoms with E-state index in [1.165, 1.54) is 24.8 Å². The highest BCUT2D eigenvalue weighted by atomic mass is 79.9. The molecule has 1 aromatic carbocycles. The van der Waals surface area contributed by atoms with Crippen molar-refractivity contribution in [1.29, 1.82) is 5.26 Å². The molecule has 0 spiro atoms. The Hall–Kier alpha value is -0.810. The molecule has 0 aromatic heterocycles. The molecule has 1 nitrogen and oxygen atoms in total. The van der Waals surface area contributed by atoms with Crippen molar-refractivity contribution in [2.45, 2.75) is 38.0 Å². The average molecular weight is 278 g/mol. The summed E-state index contributed by atoms with van der Waals surface area (Å²) in [5, 5.41) is 9.27. The van der Waals surface area contributed by atoms with E-state index >= 15 is 0 Å². The Labute approximate surface area is 106 Å². The van der Waals surface area contributed by atoms with Crippen LogP contribution in [0.1, 0.15) is 43.6 Å². The molecule has 2 unspecified atom stereocenters. The van der Waals surface area contributed by atoms with Crippen LogP contribution in [0.2, 0.25) is 0 Å². The summed E-state index contributed by atoms with van der Waals surface area (Å²) in [5.41, 5.74) is 1.32. The molecule has 1 aliphatic carbocycles. The van der Waals surface area contributed by atoms with Crippen LogP contribution in [-0.2, 0) is 0 Å². The van der Waals surface area contributed by atoms with E-state index in [-0.39, 0.29) is 5.92 Å². The van der Waals surface area contributed by atoms with Gasteiger partial charge in [-0.2, -0.15) is 5.26 Å². The second kappa shape index (κ2) is 5.50. The first kappa shape index (κ1) is 11.7. The summed E-state index contributed by atoms with van der Waals surface area (Å²) in [6.45, 7) is 0. The van der Waals surface area contributed by atoms with E-state index in [0.717, 1.165) is 17.3 Å². The number of benzene rings is 1. The van der Waals surface area contributed by atoms with Crippen molar-refractivity contribution in [2.24, 2.45) is 5.92 Å². The van der Waals surface area contributed by atoms with Gasteiger partial charge in [0.05, 0.1) is 12.0 Å². The molecule has 2 atom stereocenters. The molecule has 0 saturated heterocycles. The lowest BCUT2D eigenvalue weighted by Crippen LogP contribution is -2.10. The molecular formula is C14H16BrN. The van der Waals surface area contributed by atoms with Crippen molar-refractivity contribution >= 4 is 15.9 Å². The second-order valence-corrected chi connectivity index (χ2v) is 5.36. The molecule has 2 rings (SSSR count). The van der Waals surface area contributed by atoms with Crippen molar-refractivity contribution in [3.05, 3.63) is 34.3 Å². The van der Waals surface area contributed by atoms with Crippen LogP contribution < -0.4 is 0 Å². The number of hydrogen-bond donors (Lipinski definition) is 0. The summed E-state index contributed by atoms with van der Waals surface area (Å²) in [5.74, 6) is 0.615. The molecule has 1 fully saturated rings. The van der Waals surface area contributed by atoms with E-state index in [1.54, 1.807) is 0 Å². The van der Waals surface area contributed by atoms with Crippen LogP contribution in [0.5, 0.6) is 0 Å². The third kappa shape index (κ3) is 2.47. The first-order chi connectivity index (χ1) is 7.83. The van der Waals surface area contributed by atoms with E-state index < -0.39 is 0 Å². The van der Waals surface area contributed by atoms with Crippen molar-refractivity contribution in [2.75, 3.05) is 0 Å². The van der Waals surface area contributed by atoms with Gasteiger partial charge in [-0.3, -0.25) is 0 Å². The lowest BCUT2D eigenvalue weighted by molar-refractivity contribution is 0.488. The van der Waals surface area contributed by atoms with Gasteiger partial charge in [-0.05, 0) is 24.5 Å². The van der Waals surface area contributed by atoms with Gasteiger partial charge in [-0.1, -0.05) is 53.4 Å². The molecule has 0 heterocycles. The molecule has 1 aromatic rings. The van der Waals surface area contributed by atoms with Gasteiger partial charge in [0.1, 0.15) is 0 Å². The van der Waals surface area contributed by atoms with Gasteiger partial charge < -0.3 is 0 Å². The molecular weight excluding hydrogens is 262 g/mol. The van der Waals surface area contributed by atoms with Crippen LogP contribution in [0.15, 0.2) is 28.7 Å². The Balaban J connectivity index is 2.30. The van der Waals surface area contributed by atoms with Gasteiger partial charge in [0.15, 0.2) is 0 Å². The Bertz CT molecular complexity index is 394. The molecule has 0 bridgehead atoms. The minimum absolute atomic E-state index is 0.196. The van der Waals surface area contributed by atoms with Crippen LogP contribution in [-0.4, -0.2) is 0 Å². The first-order valence-corrected chi connectivity index (χ1v) is 6.76. The smallest absolute Gasteiger partial charge is 0.0662 e. The quantitative estimate of drug-likeness (QED) is 0.687. The van der Waals surface area contributed by atoms with Crippen molar-refractivity contribution < 1.29 is 0 Å². The Kier molecular flexibility index (Phi) is 4.01. The van der Waals surface area contributed by atoms with E-state index in [0.29, 0.717) is 5.92 Å². The number of nitriles is 1. The fourth-order valence-electron chi connectivity index (χ4n) is 2.61. The van der Waals surface area contributed by atoms with Gasteiger partial charge in [0.25, 0.3) is 0 Å². The fraction of sp³-hybridized carbons (Fsp3) is 0.500. The minimum atomic E-state index is 0.196. The van der Waals surface area contributed by atoms with Gasteiger partial charge >= 0.3 is 0 Å². The van der Waals surface area contributed by atoms with E-state index in [4.69, 9.17) is 0 Å². The Morgan fingerprint density at radius 3 is 2.62 bits per heavy atom. The molecule has 2 heteroatoms. The number of nitrogens with zero attached hydrogens (tertiary/aromatic N) is 1. The van der Waals surface area contributed by atoms with Crippen LogP contribution in [0.25, 0.3) is 0 Å². The first-order valence-electron chi connectivity index (χ1n) is 5.97. The maximum absolute atomic E-state index is 9.27. The van der Waals surface area contributed by atoms with Gasteiger partial charge in [-0.15, -0.1) is 0 Å². The summed E-state index contributed by atoms with van der Waals surface area (Å²) in [6, 6.07) is 10.8. The van der Waals surface area contributed by atoms with Crippen LogP contribution >= 0.6 is 15.9 Å². The second-order valence-electron chi connectivity index (χ2n) is 4.50. The van der Waals surface area contributed by atoms with E-state index in [2.05, 4.69) is 40.2 Å². The number of hydrogen-bond acceptors (Lipinski definition) is 1. The van der Waals surface area contributed by atoms with Crippen LogP contribution in [0.4, 0.5) is 0 Å². The monoisotopic (exact) mass is 277 g/mol. The van der Waals surface area contributed by atoms with E-state index in [1.807, 2.05) is 6.07 Å². The zero-order chi connectivity index (χ0) is 11.4. The summed E-state index contributed by atoms with van der Waals surface area (Å²) in [7, 11) is 0. The highest BCUT2D eigenvalue weighted by Crippen LogP contribution is 2.38. The van der Waals surface area contributed by atoms with Gasteiger partial charge in [-0.25, -0.2) is 0 Å². The van der Waals surface area contributed by atoms with Crippen molar-refractivity contribution in [3.8, 4) is 6.07 Å². The van der Waals surface area contributed by atoms with E-state index in [9.17, 15) is 5.26 Å². The molecule has 1 saturated carbocycles. The molecule has 0 amide bonds. The average Bonchev–Trinajstić information content (AvgIpc) is 2.54. The third-order valence-corrected chi connectivity index (χ3v) is 4.21. The third-order valence-electron chi connectivity index (χ3n) is 3.49. The van der Waals surface area contributed by atoms with Gasteiger partial charge in [0, 0.05) is 10.4 Å². The lowest BCUT2D eigenvalue weighted by Gasteiger charge is -2.20. The lowest BCUT2D eigenvalue weighted by atomic mass is 9.83. The maximum atomic E-state index is 9.27. The highest BCUT2D eigenvalue weighted by Gasteiger charge is 2.26. The zero-order valence-corrected chi connectivity index (χ0v) is 10.9. The Morgan fingerprint density at radius 1 is 1.12 bits per heavy atom. The zero-order valence-electron chi connectivity index (χ0n) is 9.32. The van der Waals surface area contributed by atoms with Gasteiger partial charge in [0.2, 0.25) is 0 Å². The standard InChI is InChI=1S/C14H16BrN/c15-14-9-5-4-8-13(14)12-7-3-1-2-6-11(12)10-16/h4-5,8-9,11-12H,1-3,6-7H2.